The largest absolute Gasteiger partial charge is 0.334 e. The van der Waals surface area contributed by atoms with Gasteiger partial charge in [-0.1, -0.05) is 6.07 Å². The second-order valence-electron chi connectivity index (χ2n) is 2.92. The smallest absolute Gasteiger partial charge is 0.324 e. The van der Waals surface area contributed by atoms with E-state index in [1.165, 1.54) is 13.1 Å². The lowest BCUT2D eigenvalue weighted by atomic mass is 10.1. The Balaban J connectivity index is 2.93. The van der Waals surface area contributed by atoms with Crippen LogP contribution in [-0.4, -0.2) is 26.1 Å². The van der Waals surface area contributed by atoms with Crippen molar-refractivity contribution in [1.82, 2.24) is 4.98 Å². The van der Waals surface area contributed by atoms with Gasteiger partial charge >= 0.3 is 7.60 Å². The predicted molar refractivity (Wildman–Crippen MR) is 52.6 cm³/mol. The Hall–Kier alpha value is -1.03. The van der Waals surface area contributed by atoms with E-state index in [0.29, 0.717) is 5.56 Å². The molecule has 1 atom stereocenters. The van der Waals surface area contributed by atoms with Crippen molar-refractivity contribution in [3.63, 3.8) is 0 Å². The molecule has 0 aromatic carbocycles. The number of pyridine rings is 1. The number of nitrogens with one attached hydrogen (secondary N) is 1. The molecule has 1 heterocycles. The van der Waals surface area contributed by atoms with E-state index in [0.717, 1.165) is 0 Å². The number of rotatable bonds is 3. The molecular weight excluding hydrogens is 203 g/mol. The first-order chi connectivity index (χ1) is 6.43. The Labute approximate surface area is 81.5 Å². The summed E-state index contributed by atoms with van der Waals surface area (Å²) in [5.41, 5.74) is -0.749. The van der Waals surface area contributed by atoms with Crippen molar-refractivity contribution < 1.29 is 14.4 Å². The van der Waals surface area contributed by atoms with Crippen molar-refractivity contribution in [3.05, 3.63) is 30.1 Å². The first kappa shape index (κ1) is 11.0. The summed E-state index contributed by atoms with van der Waals surface area (Å²) in [5.74, 6) is 0. The van der Waals surface area contributed by atoms with Crippen LogP contribution in [-0.2, 0) is 4.57 Å². The van der Waals surface area contributed by atoms with E-state index < -0.39 is 13.3 Å². The first-order valence-electron chi connectivity index (χ1n) is 3.97. The average Bonchev–Trinajstić information content (AvgIpc) is 2.15. The Kier molecular flexibility index (Phi) is 3.16. The van der Waals surface area contributed by atoms with Crippen molar-refractivity contribution in [1.29, 1.82) is 5.41 Å². The molecule has 0 fully saturated rings. The molecule has 0 saturated carbocycles. The van der Waals surface area contributed by atoms with Gasteiger partial charge in [-0.15, -0.1) is 0 Å². The molecule has 0 amide bonds. The minimum absolute atomic E-state index is 0.0913. The SMILES string of the molecule is CC(C(=N)c1cccnc1)P(=O)(O)O. The van der Waals surface area contributed by atoms with Gasteiger partial charge in [-0.05, 0) is 13.0 Å². The van der Waals surface area contributed by atoms with Crippen molar-refractivity contribution >= 4 is 13.3 Å². The molecule has 1 unspecified atom stereocenters. The molecule has 0 saturated heterocycles. The third-order valence-electron chi connectivity index (χ3n) is 1.89. The minimum Gasteiger partial charge on any atom is -0.324 e. The summed E-state index contributed by atoms with van der Waals surface area (Å²) in [6.45, 7) is 1.33. The van der Waals surface area contributed by atoms with Crippen LogP contribution in [0.1, 0.15) is 12.5 Å². The highest BCUT2D eigenvalue weighted by Gasteiger charge is 2.28. The van der Waals surface area contributed by atoms with E-state index in [2.05, 4.69) is 4.98 Å². The third kappa shape index (κ3) is 2.48. The highest BCUT2D eigenvalue weighted by Crippen LogP contribution is 2.42. The molecule has 6 heteroatoms. The highest BCUT2D eigenvalue weighted by molar-refractivity contribution is 7.53. The zero-order valence-corrected chi connectivity index (χ0v) is 8.48. The van der Waals surface area contributed by atoms with E-state index in [1.54, 1.807) is 18.3 Å². The molecule has 1 aromatic rings. The second-order valence-corrected chi connectivity index (χ2v) is 4.87. The summed E-state index contributed by atoms with van der Waals surface area (Å²) < 4.78 is 10.9. The minimum atomic E-state index is -4.23. The molecule has 0 radical (unpaired) electrons. The van der Waals surface area contributed by atoms with E-state index in [1.807, 2.05) is 0 Å². The van der Waals surface area contributed by atoms with Gasteiger partial charge in [0.2, 0.25) is 0 Å². The molecule has 1 aromatic heterocycles. The number of aromatic nitrogens is 1. The van der Waals surface area contributed by atoms with Gasteiger partial charge in [-0.3, -0.25) is 9.55 Å². The molecule has 3 N–H and O–H groups in total. The summed E-state index contributed by atoms with van der Waals surface area (Å²) in [5, 5.41) is 7.56. The van der Waals surface area contributed by atoms with E-state index in [4.69, 9.17) is 15.2 Å². The van der Waals surface area contributed by atoms with Crippen LogP contribution in [0.3, 0.4) is 0 Å². The van der Waals surface area contributed by atoms with Gasteiger partial charge in [0.1, 0.15) is 5.66 Å². The maximum Gasteiger partial charge on any atom is 0.334 e. The fourth-order valence-electron chi connectivity index (χ4n) is 0.931. The van der Waals surface area contributed by atoms with Gasteiger partial charge in [0.15, 0.2) is 0 Å². The van der Waals surface area contributed by atoms with E-state index in [-0.39, 0.29) is 5.71 Å². The fraction of sp³-hybridized carbons (Fsp3) is 0.250. The maximum absolute atomic E-state index is 10.9. The Bertz CT molecular complexity index is 373. The standard InChI is InChI=1S/C8H11N2O3P/c1-6(14(11,12)13)8(9)7-3-2-4-10-5-7/h2-6,9H,1H3,(H2,11,12,13). The van der Waals surface area contributed by atoms with Crippen molar-refractivity contribution in [3.8, 4) is 0 Å². The van der Waals surface area contributed by atoms with Crippen LogP contribution >= 0.6 is 7.60 Å². The zero-order valence-electron chi connectivity index (χ0n) is 7.58. The Morgan fingerprint density at radius 2 is 2.29 bits per heavy atom. The monoisotopic (exact) mass is 214 g/mol. The molecule has 0 spiro atoms. The number of hydrogen-bond donors (Lipinski definition) is 3. The van der Waals surface area contributed by atoms with Crippen LogP contribution in [0.25, 0.3) is 0 Å². The van der Waals surface area contributed by atoms with E-state index in [9.17, 15) is 4.57 Å². The summed E-state index contributed by atoms with van der Waals surface area (Å²) >= 11 is 0. The zero-order chi connectivity index (χ0) is 10.8. The lowest BCUT2D eigenvalue weighted by Gasteiger charge is -2.14. The van der Waals surface area contributed by atoms with Crippen LogP contribution in [0.5, 0.6) is 0 Å². The van der Waals surface area contributed by atoms with Crippen LogP contribution in [0, 0.1) is 5.41 Å². The Morgan fingerprint density at radius 3 is 2.71 bits per heavy atom. The van der Waals surface area contributed by atoms with E-state index >= 15 is 0 Å². The molecule has 76 valence electrons. The van der Waals surface area contributed by atoms with Crippen LogP contribution < -0.4 is 0 Å². The molecule has 14 heavy (non-hydrogen) atoms. The van der Waals surface area contributed by atoms with Gasteiger partial charge in [0.05, 0.1) is 5.71 Å². The fourth-order valence-corrected chi connectivity index (χ4v) is 1.42. The normalized spacial score (nSPS) is 13.6. The third-order valence-corrected chi connectivity index (χ3v) is 3.16. The van der Waals surface area contributed by atoms with Gasteiger partial charge in [-0.25, -0.2) is 0 Å². The molecule has 5 nitrogen and oxygen atoms in total. The maximum atomic E-state index is 10.9. The molecular formula is C8H11N2O3P. The van der Waals surface area contributed by atoms with Crippen LogP contribution in [0.15, 0.2) is 24.5 Å². The van der Waals surface area contributed by atoms with Gasteiger partial charge in [-0.2, -0.15) is 0 Å². The summed E-state index contributed by atoms with van der Waals surface area (Å²) in [6.07, 6.45) is 2.95. The predicted octanol–water partition coefficient (Wildman–Crippen LogP) is 1.02. The van der Waals surface area contributed by atoms with Crippen molar-refractivity contribution in [2.24, 2.45) is 0 Å². The molecule has 0 aliphatic rings. The van der Waals surface area contributed by atoms with Crippen LogP contribution in [0.2, 0.25) is 0 Å². The summed E-state index contributed by atoms with van der Waals surface area (Å²) in [4.78, 5) is 21.5. The lowest BCUT2D eigenvalue weighted by molar-refractivity contribution is 0.369. The van der Waals surface area contributed by atoms with Crippen molar-refractivity contribution in [2.45, 2.75) is 12.6 Å². The number of nitrogens with zero attached hydrogens (tertiary/aromatic N) is 1. The van der Waals surface area contributed by atoms with Gasteiger partial charge in [0, 0.05) is 18.0 Å². The van der Waals surface area contributed by atoms with Gasteiger partial charge in [0.25, 0.3) is 0 Å². The van der Waals surface area contributed by atoms with Crippen LogP contribution in [0.4, 0.5) is 0 Å². The quantitative estimate of drug-likeness (QED) is 0.517. The second kappa shape index (κ2) is 4.00. The molecule has 1 rings (SSSR count). The Morgan fingerprint density at radius 1 is 1.64 bits per heavy atom. The first-order valence-corrected chi connectivity index (χ1v) is 5.65. The van der Waals surface area contributed by atoms with Crippen molar-refractivity contribution in [2.75, 3.05) is 0 Å². The highest BCUT2D eigenvalue weighted by atomic mass is 31.2. The lowest BCUT2D eigenvalue weighted by Crippen LogP contribution is -2.17. The van der Waals surface area contributed by atoms with Gasteiger partial charge < -0.3 is 15.2 Å². The topological polar surface area (TPSA) is 94.3 Å². The molecule has 0 aliphatic carbocycles. The molecule has 0 aliphatic heterocycles. The molecule has 0 bridgehead atoms. The summed E-state index contributed by atoms with van der Waals surface area (Å²) in [7, 11) is -4.23. The number of hydrogen-bond acceptors (Lipinski definition) is 3. The summed E-state index contributed by atoms with van der Waals surface area (Å²) in [6, 6.07) is 3.22. The average molecular weight is 214 g/mol.